The summed E-state index contributed by atoms with van der Waals surface area (Å²) in [5.74, 6) is -0.699. The molecule has 3 rings (SSSR count). The molecule has 1 aromatic carbocycles. The Labute approximate surface area is 122 Å². The molecular weight excluding hydrogens is 266 g/mol. The number of benzene rings is 1. The molecule has 5 heteroatoms. The number of carbonyl (C=O) groups excluding carboxylic acids is 1. The van der Waals surface area contributed by atoms with E-state index >= 15 is 0 Å². The van der Waals surface area contributed by atoms with Crippen molar-refractivity contribution in [3.05, 3.63) is 40.2 Å². The second kappa shape index (κ2) is 5.24. The van der Waals surface area contributed by atoms with Gasteiger partial charge in [0.25, 0.3) is 5.91 Å². The lowest BCUT2D eigenvalue weighted by atomic mass is 9.94. The number of primary amides is 1. The van der Waals surface area contributed by atoms with Crippen molar-refractivity contribution in [3.63, 3.8) is 0 Å². The molecule has 1 fully saturated rings. The highest BCUT2D eigenvalue weighted by Crippen LogP contribution is 2.31. The number of hydrogen-bond donors (Lipinski definition) is 2. The van der Waals surface area contributed by atoms with Crippen LogP contribution in [0.1, 0.15) is 48.5 Å². The molecule has 0 aliphatic heterocycles. The Bertz CT molecular complexity index is 758. The normalized spacial score (nSPS) is 16.2. The number of carbonyl (C=O) groups is 1. The summed E-state index contributed by atoms with van der Waals surface area (Å²) in [6.45, 7) is 0. The molecule has 1 saturated carbocycles. The van der Waals surface area contributed by atoms with Crippen LogP contribution in [0.2, 0.25) is 0 Å². The minimum atomic E-state index is -0.699. The Morgan fingerprint density at radius 3 is 2.57 bits per heavy atom. The molecular formula is C16H19N3O2. The van der Waals surface area contributed by atoms with Crippen LogP contribution < -0.4 is 16.9 Å². The van der Waals surface area contributed by atoms with E-state index in [0.29, 0.717) is 17.1 Å². The van der Waals surface area contributed by atoms with Gasteiger partial charge in [0.05, 0.1) is 10.9 Å². The van der Waals surface area contributed by atoms with E-state index in [1.165, 1.54) is 6.42 Å². The number of rotatable bonds is 2. The van der Waals surface area contributed by atoms with Crippen LogP contribution in [0.25, 0.3) is 10.9 Å². The molecule has 110 valence electrons. The second-order valence-corrected chi connectivity index (χ2v) is 5.68. The van der Waals surface area contributed by atoms with Gasteiger partial charge in [-0.2, -0.15) is 0 Å². The first kappa shape index (κ1) is 13.7. The Morgan fingerprint density at radius 1 is 1.19 bits per heavy atom. The summed E-state index contributed by atoms with van der Waals surface area (Å²) in [4.78, 5) is 24.0. The van der Waals surface area contributed by atoms with Gasteiger partial charge in [0.15, 0.2) is 0 Å². The first-order chi connectivity index (χ1) is 10.1. The number of pyridine rings is 1. The van der Waals surface area contributed by atoms with Gasteiger partial charge in [0.2, 0.25) is 5.43 Å². The summed E-state index contributed by atoms with van der Waals surface area (Å²) >= 11 is 0. The van der Waals surface area contributed by atoms with E-state index in [1.54, 1.807) is 12.3 Å². The summed E-state index contributed by atoms with van der Waals surface area (Å²) < 4.78 is 2.02. The van der Waals surface area contributed by atoms with Crippen molar-refractivity contribution in [2.75, 3.05) is 5.73 Å². The van der Waals surface area contributed by atoms with Gasteiger partial charge in [0.1, 0.15) is 5.56 Å². The first-order valence-corrected chi connectivity index (χ1v) is 7.32. The van der Waals surface area contributed by atoms with E-state index in [1.807, 2.05) is 16.7 Å². The average Bonchev–Trinajstić information content (AvgIpc) is 2.48. The SMILES string of the molecule is NC(=O)c1cn(C2CCCCC2)c2cccc(N)c2c1=O. The molecule has 21 heavy (non-hydrogen) atoms. The first-order valence-electron chi connectivity index (χ1n) is 7.32. The quantitative estimate of drug-likeness (QED) is 0.828. The topological polar surface area (TPSA) is 91.1 Å². The van der Waals surface area contributed by atoms with E-state index in [0.717, 1.165) is 31.2 Å². The predicted octanol–water partition coefficient (Wildman–Crippen LogP) is 2.19. The Balaban J connectivity index is 2.32. The Hall–Kier alpha value is -2.30. The summed E-state index contributed by atoms with van der Waals surface area (Å²) in [5, 5.41) is 0.402. The predicted molar refractivity (Wildman–Crippen MR) is 83.3 cm³/mol. The summed E-state index contributed by atoms with van der Waals surface area (Å²) in [5.41, 5.74) is 12.1. The fraction of sp³-hybridized carbons (Fsp3) is 0.375. The molecule has 0 bridgehead atoms. The van der Waals surface area contributed by atoms with Crippen molar-refractivity contribution in [1.82, 2.24) is 4.57 Å². The van der Waals surface area contributed by atoms with Gasteiger partial charge >= 0.3 is 0 Å². The molecule has 0 unspecified atom stereocenters. The fourth-order valence-corrected chi connectivity index (χ4v) is 3.26. The molecule has 0 spiro atoms. The third-order valence-corrected chi connectivity index (χ3v) is 4.33. The Kier molecular flexibility index (Phi) is 3.41. The maximum Gasteiger partial charge on any atom is 0.254 e. The zero-order chi connectivity index (χ0) is 15.0. The number of amides is 1. The lowest BCUT2D eigenvalue weighted by molar-refractivity contribution is 0.0998. The fourth-order valence-electron chi connectivity index (χ4n) is 3.26. The molecule has 2 aromatic rings. The highest BCUT2D eigenvalue weighted by atomic mass is 16.2. The molecule has 1 aromatic heterocycles. The van der Waals surface area contributed by atoms with Crippen LogP contribution in [0.5, 0.6) is 0 Å². The number of nitrogens with two attached hydrogens (primary N) is 2. The molecule has 1 aliphatic carbocycles. The molecule has 5 nitrogen and oxygen atoms in total. The number of anilines is 1. The van der Waals surface area contributed by atoms with Gasteiger partial charge < -0.3 is 16.0 Å². The van der Waals surface area contributed by atoms with Crippen LogP contribution >= 0.6 is 0 Å². The van der Waals surface area contributed by atoms with E-state index in [9.17, 15) is 9.59 Å². The average molecular weight is 285 g/mol. The van der Waals surface area contributed by atoms with Gasteiger partial charge in [-0.05, 0) is 25.0 Å². The van der Waals surface area contributed by atoms with Crippen LogP contribution in [0.3, 0.4) is 0 Å². The summed E-state index contributed by atoms with van der Waals surface area (Å²) in [6, 6.07) is 5.69. The zero-order valence-electron chi connectivity index (χ0n) is 11.8. The van der Waals surface area contributed by atoms with Crippen molar-refractivity contribution < 1.29 is 4.79 Å². The van der Waals surface area contributed by atoms with Crippen LogP contribution in [0.15, 0.2) is 29.2 Å². The number of nitrogen functional groups attached to an aromatic ring is 1. The van der Waals surface area contributed by atoms with Crippen molar-refractivity contribution in [3.8, 4) is 0 Å². The van der Waals surface area contributed by atoms with Gasteiger partial charge in [0, 0.05) is 17.9 Å². The van der Waals surface area contributed by atoms with Gasteiger partial charge in [-0.1, -0.05) is 25.3 Å². The Morgan fingerprint density at radius 2 is 1.90 bits per heavy atom. The molecule has 0 radical (unpaired) electrons. The standard InChI is InChI=1S/C16H19N3O2/c17-12-7-4-8-13-14(12)15(20)11(16(18)21)9-19(13)10-5-2-1-3-6-10/h4,7-10H,1-3,5-6,17H2,(H2,18,21). The third-order valence-electron chi connectivity index (χ3n) is 4.33. The maximum atomic E-state index is 12.4. The van der Waals surface area contributed by atoms with E-state index in [4.69, 9.17) is 11.5 Å². The van der Waals surface area contributed by atoms with E-state index in [-0.39, 0.29) is 11.0 Å². The minimum absolute atomic E-state index is 0.0194. The number of aromatic nitrogens is 1. The van der Waals surface area contributed by atoms with Crippen LogP contribution in [0, 0.1) is 0 Å². The smallest absolute Gasteiger partial charge is 0.254 e. The molecule has 1 amide bonds. The maximum absolute atomic E-state index is 12.4. The summed E-state index contributed by atoms with van der Waals surface area (Å²) in [6.07, 6.45) is 7.26. The summed E-state index contributed by atoms with van der Waals surface area (Å²) in [7, 11) is 0. The van der Waals surface area contributed by atoms with Crippen LogP contribution in [-0.4, -0.2) is 10.5 Å². The monoisotopic (exact) mass is 285 g/mol. The molecule has 0 atom stereocenters. The number of nitrogens with zero attached hydrogens (tertiary/aromatic N) is 1. The largest absolute Gasteiger partial charge is 0.398 e. The third kappa shape index (κ3) is 2.28. The highest BCUT2D eigenvalue weighted by molar-refractivity contribution is 5.99. The minimum Gasteiger partial charge on any atom is -0.398 e. The van der Waals surface area contributed by atoms with Crippen molar-refractivity contribution >= 4 is 22.5 Å². The zero-order valence-corrected chi connectivity index (χ0v) is 11.8. The van der Waals surface area contributed by atoms with E-state index in [2.05, 4.69) is 0 Å². The molecule has 1 aliphatic rings. The van der Waals surface area contributed by atoms with Gasteiger partial charge in [-0.3, -0.25) is 9.59 Å². The number of fused-ring (bicyclic) bond motifs is 1. The lowest BCUT2D eigenvalue weighted by Crippen LogP contribution is -2.26. The molecule has 4 N–H and O–H groups in total. The van der Waals surface area contributed by atoms with Crippen molar-refractivity contribution in [1.29, 1.82) is 0 Å². The van der Waals surface area contributed by atoms with Gasteiger partial charge in [-0.25, -0.2) is 0 Å². The van der Waals surface area contributed by atoms with Crippen molar-refractivity contribution in [2.24, 2.45) is 5.73 Å². The van der Waals surface area contributed by atoms with Crippen LogP contribution in [0.4, 0.5) is 5.69 Å². The highest BCUT2D eigenvalue weighted by Gasteiger charge is 2.21. The van der Waals surface area contributed by atoms with E-state index < -0.39 is 5.91 Å². The number of hydrogen-bond acceptors (Lipinski definition) is 3. The van der Waals surface area contributed by atoms with Crippen LogP contribution in [-0.2, 0) is 0 Å². The second-order valence-electron chi connectivity index (χ2n) is 5.68. The van der Waals surface area contributed by atoms with Gasteiger partial charge in [-0.15, -0.1) is 0 Å². The molecule has 1 heterocycles. The lowest BCUT2D eigenvalue weighted by Gasteiger charge is -2.27. The molecule has 0 saturated heterocycles. The van der Waals surface area contributed by atoms with Crippen molar-refractivity contribution in [2.45, 2.75) is 38.1 Å².